The fourth-order valence-electron chi connectivity index (χ4n) is 4.13. The van der Waals surface area contributed by atoms with E-state index >= 15 is 4.39 Å². The number of amides is 1. The minimum absolute atomic E-state index is 0.357. The van der Waals surface area contributed by atoms with Crippen LogP contribution < -0.4 is 19.4 Å². The Balaban J connectivity index is 2.02. The van der Waals surface area contributed by atoms with E-state index in [0.29, 0.717) is 14.9 Å². The van der Waals surface area contributed by atoms with Gasteiger partial charge >= 0.3 is 15.6 Å². The van der Waals surface area contributed by atoms with E-state index in [2.05, 4.69) is 4.18 Å². The number of alkyl halides is 3. The first kappa shape index (κ1) is 29.6. The second-order valence-electron chi connectivity index (χ2n) is 8.59. The lowest BCUT2D eigenvalue weighted by Crippen LogP contribution is -2.55. The largest absolute Gasteiger partial charge is 0.534 e. The molecule has 4 rings (SSSR count). The van der Waals surface area contributed by atoms with Gasteiger partial charge in [-0.25, -0.2) is 4.39 Å². The molecule has 0 fully saturated rings. The Labute approximate surface area is 238 Å². The Morgan fingerprint density at radius 2 is 1.73 bits per heavy atom. The fourth-order valence-corrected chi connectivity index (χ4v) is 5.11. The lowest BCUT2D eigenvalue weighted by atomic mass is 10.1. The summed E-state index contributed by atoms with van der Waals surface area (Å²) < 4.78 is 89.8. The number of aliphatic hydroxyl groups is 1. The molecule has 1 amide bonds. The molecule has 1 N–H and O–H groups in total. The van der Waals surface area contributed by atoms with Gasteiger partial charge in [0.1, 0.15) is 22.9 Å². The molecule has 10 nitrogen and oxygen atoms in total. The summed E-state index contributed by atoms with van der Waals surface area (Å²) in [4.78, 5) is 28.4. The zero-order chi connectivity index (χ0) is 29.7. The van der Waals surface area contributed by atoms with Crippen molar-refractivity contribution in [2.75, 3.05) is 12.0 Å². The Morgan fingerprint density at radius 1 is 1.10 bits per heavy atom. The molecule has 0 saturated carbocycles. The van der Waals surface area contributed by atoms with Crippen molar-refractivity contribution in [3.8, 4) is 11.5 Å². The van der Waals surface area contributed by atoms with Gasteiger partial charge in [0.25, 0.3) is 11.5 Å². The molecule has 1 unspecified atom stereocenters. The van der Waals surface area contributed by atoms with Gasteiger partial charge in [-0.2, -0.15) is 21.6 Å². The van der Waals surface area contributed by atoms with Crippen molar-refractivity contribution in [2.45, 2.75) is 25.3 Å². The van der Waals surface area contributed by atoms with Crippen LogP contribution in [0.1, 0.15) is 21.5 Å². The third-order valence-electron chi connectivity index (χ3n) is 6.10. The van der Waals surface area contributed by atoms with Gasteiger partial charge in [-0.3, -0.25) is 24.0 Å². The zero-order valence-corrected chi connectivity index (χ0v) is 23.8. The smallest absolute Gasteiger partial charge is 0.497 e. The van der Waals surface area contributed by atoms with Crippen LogP contribution in [0.3, 0.4) is 0 Å². The SMILES string of the molecule is COc1ccc(CN2C(=O)c3c(OS(=O)(=O)C(F)(F)F)c(C)c(=O)n(C)c3N(c3ccc(I)cc3F)C2O)cc1. The molecule has 0 bridgehead atoms. The van der Waals surface area contributed by atoms with Gasteiger partial charge in [0.15, 0.2) is 5.75 Å². The van der Waals surface area contributed by atoms with Crippen LogP contribution in [-0.2, 0) is 23.7 Å². The number of carbonyl (C=O) groups is 1. The molecular weight excluding hydrogens is 677 g/mol. The fraction of sp³-hybridized carbons (Fsp3) is 0.250. The monoisotopic (exact) mass is 697 g/mol. The lowest BCUT2D eigenvalue weighted by Gasteiger charge is -2.43. The van der Waals surface area contributed by atoms with E-state index in [1.165, 1.54) is 19.2 Å². The predicted octanol–water partition coefficient (Wildman–Crippen LogP) is 3.74. The number of hydrogen-bond donors (Lipinski definition) is 1. The molecule has 1 aromatic heterocycles. The molecule has 3 aromatic rings. The molecule has 1 aliphatic rings. The van der Waals surface area contributed by atoms with Crippen LogP contribution in [-0.4, -0.2) is 47.9 Å². The number of hydrogen-bond acceptors (Lipinski definition) is 8. The number of ether oxygens (including phenoxy) is 1. The molecule has 2 heterocycles. The average Bonchev–Trinajstić information content (AvgIpc) is 2.88. The maximum absolute atomic E-state index is 15.2. The Morgan fingerprint density at radius 3 is 2.27 bits per heavy atom. The molecule has 40 heavy (non-hydrogen) atoms. The normalized spacial score (nSPS) is 15.7. The summed E-state index contributed by atoms with van der Waals surface area (Å²) in [5, 5.41) is 11.4. The summed E-state index contributed by atoms with van der Waals surface area (Å²) in [6, 6.07) is 9.96. The first-order chi connectivity index (χ1) is 18.6. The molecular formula is C24H20F4IN3O7S. The maximum Gasteiger partial charge on any atom is 0.534 e. The number of nitrogens with zero attached hydrogens (tertiary/aromatic N) is 3. The molecule has 16 heteroatoms. The van der Waals surface area contributed by atoms with Crippen LogP contribution in [0.5, 0.6) is 11.5 Å². The molecule has 0 saturated heterocycles. The van der Waals surface area contributed by atoms with Gasteiger partial charge in [-0.1, -0.05) is 12.1 Å². The van der Waals surface area contributed by atoms with Crippen LogP contribution in [0, 0.1) is 16.3 Å². The highest BCUT2D eigenvalue weighted by atomic mass is 127. The highest BCUT2D eigenvalue weighted by Crippen LogP contribution is 2.43. The number of pyridine rings is 1. The third-order valence-corrected chi connectivity index (χ3v) is 7.73. The average molecular weight is 697 g/mol. The summed E-state index contributed by atoms with van der Waals surface area (Å²) in [6.45, 7) is 0.616. The van der Waals surface area contributed by atoms with Crippen molar-refractivity contribution < 1.29 is 44.8 Å². The van der Waals surface area contributed by atoms with Gasteiger partial charge in [0.05, 0.1) is 24.9 Å². The number of aliphatic hydroxyl groups excluding tert-OH is 1. The van der Waals surface area contributed by atoms with E-state index in [1.807, 2.05) is 22.6 Å². The van der Waals surface area contributed by atoms with E-state index in [9.17, 15) is 36.3 Å². The van der Waals surface area contributed by atoms with Gasteiger partial charge in [-0.15, -0.1) is 0 Å². The quantitative estimate of drug-likeness (QED) is 0.179. The van der Waals surface area contributed by atoms with Crippen LogP contribution in [0.25, 0.3) is 0 Å². The van der Waals surface area contributed by atoms with E-state index in [4.69, 9.17) is 4.74 Å². The summed E-state index contributed by atoms with van der Waals surface area (Å²) in [5.74, 6) is -3.38. The van der Waals surface area contributed by atoms with E-state index in [0.717, 1.165) is 34.4 Å². The van der Waals surface area contributed by atoms with Crippen LogP contribution in [0.2, 0.25) is 0 Å². The van der Waals surface area contributed by atoms with Crippen molar-refractivity contribution in [1.29, 1.82) is 0 Å². The van der Waals surface area contributed by atoms with Crippen LogP contribution in [0.15, 0.2) is 47.3 Å². The Hall–Kier alpha value is -3.38. The van der Waals surface area contributed by atoms with Gasteiger partial charge in [0, 0.05) is 10.6 Å². The van der Waals surface area contributed by atoms with Crippen molar-refractivity contribution in [2.24, 2.45) is 7.05 Å². The number of methoxy groups -OCH3 is 1. The van der Waals surface area contributed by atoms with Crippen LogP contribution in [0.4, 0.5) is 29.1 Å². The molecule has 2 aromatic carbocycles. The zero-order valence-electron chi connectivity index (χ0n) is 20.9. The first-order valence-corrected chi connectivity index (χ1v) is 13.7. The summed E-state index contributed by atoms with van der Waals surface area (Å²) in [7, 11) is -3.78. The number of carbonyl (C=O) groups excluding carboxylic acids is 1. The highest BCUT2D eigenvalue weighted by molar-refractivity contribution is 14.1. The van der Waals surface area contributed by atoms with Gasteiger partial charge in [-0.05, 0) is 65.4 Å². The van der Waals surface area contributed by atoms with Crippen molar-refractivity contribution in [3.05, 3.63) is 78.9 Å². The molecule has 1 atom stereocenters. The lowest BCUT2D eigenvalue weighted by molar-refractivity contribution is -0.0501. The number of fused-ring (bicyclic) bond motifs is 1. The number of halogens is 5. The van der Waals surface area contributed by atoms with Crippen molar-refractivity contribution in [1.82, 2.24) is 9.47 Å². The summed E-state index contributed by atoms with van der Waals surface area (Å²) >= 11 is 1.83. The number of aromatic nitrogens is 1. The Bertz CT molecular complexity index is 1660. The van der Waals surface area contributed by atoms with Gasteiger partial charge in [0.2, 0.25) is 6.35 Å². The minimum Gasteiger partial charge on any atom is -0.497 e. The first-order valence-electron chi connectivity index (χ1n) is 11.2. The summed E-state index contributed by atoms with van der Waals surface area (Å²) in [6.07, 6.45) is -1.99. The molecule has 0 radical (unpaired) electrons. The summed E-state index contributed by atoms with van der Waals surface area (Å²) in [5.41, 5.74) is -8.31. The third kappa shape index (κ3) is 5.10. The highest BCUT2D eigenvalue weighted by Gasteiger charge is 2.51. The van der Waals surface area contributed by atoms with Crippen molar-refractivity contribution >= 4 is 50.1 Å². The molecule has 0 spiro atoms. The number of rotatable bonds is 6. The van der Waals surface area contributed by atoms with Crippen molar-refractivity contribution in [3.63, 3.8) is 0 Å². The predicted molar refractivity (Wildman–Crippen MR) is 142 cm³/mol. The molecule has 214 valence electrons. The van der Waals surface area contributed by atoms with E-state index < -0.39 is 62.0 Å². The van der Waals surface area contributed by atoms with Crippen LogP contribution >= 0.6 is 22.6 Å². The molecule has 1 aliphatic heterocycles. The van der Waals surface area contributed by atoms with Gasteiger partial charge < -0.3 is 14.0 Å². The Kier molecular flexibility index (Phi) is 7.81. The molecule has 0 aliphatic carbocycles. The maximum atomic E-state index is 15.2. The van der Waals surface area contributed by atoms with E-state index in [1.54, 1.807) is 24.3 Å². The number of benzene rings is 2. The second kappa shape index (κ2) is 10.5. The number of anilines is 2. The van der Waals surface area contributed by atoms with E-state index in [-0.39, 0.29) is 12.2 Å². The second-order valence-corrected chi connectivity index (χ2v) is 11.4. The standard InChI is InChI=1S/C24H20F4IN3O7S/c1-12-19(39-40(36,37)24(26,27)28)18-20(30(2)21(12)33)32(17-9-6-14(29)10-16(17)25)23(35)31(22(18)34)11-13-4-7-15(38-3)8-5-13/h4-10,23,35H,11H2,1-3H3. The topological polar surface area (TPSA) is 118 Å². The minimum atomic E-state index is -6.34.